The zero-order valence-corrected chi connectivity index (χ0v) is 16.7. The Labute approximate surface area is 164 Å². The van der Waals surface area contributed by atoms with Crippen LogP contribution in [0.4, 0.5) is 13.2 Å². The van der Waals surface area contributed by atoms with Crippen LogP contribution in [0.5, 0.6) is 0 Å². The van der Waals surface area contributed by atoms with Crippen LogP contribution in [0.2, 0.25) is 0 Å². The predicted octanol–water partition coefficient (Wildman–Crippen LogP) is 4.03. The van der Waals surface area contributed by atoms with Crippen LogP contribution in [0.3, 0.4) is 0 Å². The van der Waals surface area contributed by atoms with Gasteiger partial charge in [0.05, 0.1) is 17.1 Å². The van der Waals surface area contributed by atoms with E-state index >= 15 is 0 Å². The van der Waals surface area contributed by atoms with Crippen molar-refractivity contribution in [3.63, 3.8) is 0 Å². The number of hydrogen-bond acceptors (Lipinski definition) is 4. The third-order valence-corrected chi connectivity index (χ3v) is 8.78. The minimum atomic E-state index is -4.35. The van der Waals surface area contributed by atoms with Crippen molar-refractivity contribution in [3.05, 3.63) is 29.6 Å². The first-order chi connectivity index (χ1) is 13.2. The summed E-state index contributed by atoms with van der Waals surface area (Å²) in [5, 5.41) is 0. The van der Waals surface area contributed by atoms with Crippen molar-refractivity contribution in [2.45, 2.75) is 63.1 Å². The minimum Gasteiger partial charge on any atom is -0.300 e. The van der Waals surface area contributed by atoms with E-state index in [0.717, 1.165) is 76.0 Å². The summed E-state index contributed by atoms with van der Waals surface area (Å²) in [6.45, 7) is 1.90. The van der Waals surface area contributed by atoms with Crippen LogP contribution in [0, 0.1) is 5.41 Å². The lowest BCUT2D eigenvalue weighted by atomic mass is 9.77. The van der Waals surface area contributed by atoms with E-state index in [1.807, 2.05) is 0 Å². The summed E-state index contributed by atoms with van der Waals surface area (Å²) in [6, 6.07) is 3.10. The van der Waals surface area contributed by atoms with E-state index in [2.05, 4.69) is 9.88 Å². The fourth-order valence-electron chi connectivity index (χ4n) is 5.41. The summed E-state index contributed by atoms with van der Waals surface area (Å²) >= 11 is 0. The Balaban J connectivity index is 1.35. The Bertz CT molecular complexity index is 802. The lowest BCUT2D eigenvalue weighted by Gasteiger charge is -2.45. The molecule has 0 radical (unpaired) electrons. The third-order valence-electron chi connectivity index (χ3n) is 6.91. The molecule has 3 heterocycles. The molecule has 0 bridgehead atoms. The molecule has 0 aromatic carbocycles. The molecule has 3 fully saturated rings. The van der Waals surface area contributed by atoms with Gasteiger partial charge in [0, 0.05) is 30.4 Å². The van der Waals surface area contributed by atoms with Gasteiger partial charge in [0.2, 0.25) is 0 Å². The summed E-state index contributed by atoms with van der Waals surface area (Å²) in [5.41, 5.74) is 0.00152. The lowest BCUT2D eigenvalue weighted by molar-refractivity contribution is -0.137. The molecule has 0 amide bonds. The number of piperidine rings is 1. The second-order valence-corrected chi connectivity index (χ2v) is 11.1. The van der Waals surface area contributed by atoms with Gasteiger partial charge in [-0.1, -0.05) is 0 Å². The molecule has 156 valence electrons. The normalized spacial score (nSPS) is 34.0. The maximum absolute atomic E-state index is 12.7. The maximum atomic E-state index is 12.7. The average molecular weight is 417 g/mol. The number of rotatable bonds is 2. The second-order valence-electron chi connectivity index (χ2n) is 8.89. The van der Waals surface area contributed by atoms with Crippen molar-refractivity contribution in [2.24, 2.45) is 5.41 Å². The highest BCUT2D eigenvalue weighted by atomic mass is 32.2. The molecule has 2 saturated heterocycles. The van der Waals surface area contributed by atoms with Crippen molar-refractivity contribution in [1.29, 1.82) is 0 Å². The molecular formula is C20H27F3N2O2S. The van der Waals surface area contributed by atoms with Crippen LogP contribution in [-0.2, 0) is 16.0 Å². The topological polar surface area (TPSA) is 50.3 Å². The number of hydrogen-bond donors (Lipinski definition) is 0. The van der Waals surface area contributed by atoms with Crippen molar-refractivity contribution in [2.75, 3.05) is 24.6 Å². The van der Waals surface area contributed by atoms with Gasteiger partial charge in [-0.25, -0.2) is 8.42 Å². The van der Waals surface area contributed by atoms with Gasteiger partial charge in [0.1, 0.15) is 0 Å². The van der Waals surface area contributed by atoms with Gasteiger partial charge < -0.3 is 0 Å². The zero-order valence-electron chi connectivity index (χ0n) is 15.9. The molecule has 1 aromatic rings. The molecule has 3 aliphatic rings. The van der Waals surface area contributed by atoms with Gasteiger partial charge in [-0.15, -0.1) is 0 Å². The Hall–Kier alpha value is -1.15. The van der Waals surface area contributed by atoms with Crippen LogP contribution >= 0.6 is 0 Å². The number of nitrogens with zero attached hydrogens (tertiary/aromatic N) is 2. The number of pyridine rings is 1. The van der Waals surface area contributed by atoms with Crippen LogP contribution in [0.1, 0.15) is 62.1 Å². The molecule has 8 heteroatoms. The first kappa shape index (κ1) is 20.1. The summed E-state index contributed by atoms with van der Waals surface area (Å²) in [5.74, 6) is 0.873. The molecule has 1 atom stereocenters. The number of likely N-dealkylation sites (tertiary alicyclic amines) is 1. The van der Waals surface area contributed by atoms with Crippen molar-refractivity contribution < 1.29 is 21.6 Å². The van der Waals surface area contributed by atoms with E-state index in [0.29, 0.717) is 17.5 Å². The SMILES string of the molecule is O=S1(=O)CC[C@]2(CCCN(C3CCC(c4ccc(C(F)(F)F)cn4)CC3)C2)C1. The van der Waals surface area contributed by atoms with E-state index in [1.54, 1.807) is 0 Å². The fourth-order valence-corrected chi connectivity index (χ4v) is 7.62. The molecule has 4 nitrogen and oxygen atoms in total. The van der Waals surface area contributed by atoms with E-state index in [-0.39, 0.29) is 11.3 Å². The van der Waals surface area contributed by atoms with Gasteiger partial charge in [-0.05, 0) is 69.0 Å². The molecule has 0 unspecified atom stereocenters. The minimum absolute atomic E-state index is 0.0527. The van der Waals surface area contributed by atoms with Gasteiger partial charge in [0.25, 0.3) is 0 Å². The first-order valence-corrected chi connectivity index (χ1v) is 12.0. The maximum Gasteiger partial charge on any atom is 0.417 e. The lowest BCUT2D eigenvalue weighted by Crippen LogP contribution is -2.49. The summed E-state index contributed by atoms with van der Waals surface area (Å²) in [6.07, 6.45) is 3.28. The van der Waals surface area contributed by atoms with Crippen LogP contribution in [-0.4, -0.2) is 48.9 Å². The molecule has 1 saturated carbocycles. The standard InChI is InChI=1S/C20H27F3N2O2S/c21-20(22,23)16-4-7-18(24-12-16)15-2-5-17(6-3-15)25-10-1-8-19(13-25)9-11-28(26,27)14-19/h4,7,12,15,17H,1-3,5-6,8-11,13-14H2/t15?,17?,19-/m0/s1. The van der Waals surface area contributed by atoms with E-state index in [4.69, 9.17) is 0 Å². The third kappa shape index (κ3) is 4.22. The summed E-state index contributed by atoms with van der Waals surface area (Å²) in [7, 11) is -2.88. The highest BCUT2D eigenvalue weighted by Crippen LogP contribution is 2.43. The quantitative estimate of drug-likeness (QED) is 0.731. The molecule has 28 heavy (non-hydrogen) atoms. The second kappa shape index (κ2) is 7.27. The van der Waals surface area contributed by atoms with Crippen molar-refractivity contribution >= 4 is 9.84 Å². The number of alkyl halides is 3. The van der Waals surface area contributed by atoms with E-state index in [1.165, 1.54) is 6.07 Å². The average Bonchev–Trinajstić information content (AvgIpc) is 2.95. The zero-order chi connectivity index (χ0) is 20.0. The van der Waals surface area contributed by atoms with Crippen LogP contribution in [0.25, 0.3) is 0 Å². The number of aromatic nitrogens is 1. The molecule has 2 aliphatic heterocycles. The van der Waals surface area contributed by atoms with Gasteiger partial charge in [-0.3, -0.25) is 9.88 Å². The first-order valence-electron chi connectivity index (χ1n) is 10.1. The Morgan fingerprint density at radius 3 is 2.43 bits per heavy atom. The molecular weight excluding hydrogens is 389 g/mol. The number of sulfone groups is 1. The van der Waals surface area contributed by atoms with Gasteiger partial charge in [0.15, 0.2) is 9.84 Å². The van der Waals surface area contributed by atoms with E-state index in [9.17, 15) is 21.6 Å². The Kier molecular flexibility index (Phi) is 5.23. The largest absolute Gasteiger partial charge is 0.417 e. The highest BCUT2D eigenvalue weighted by Gasteiger charge is 2.46. The molecule has 4 rings (SSSR count). The Morgan fingerprint density at radius 2 is 1.86 bits per heavy atom. The fraction of sp³-hybridized carbons (Fsp3) is 0.750. The molecule has 1 aromatic heterocycles. The van der Waals surface area contributed by atoms with Gasteiger partial charge in [-0.2, -0.15) is 13.2 Å². The predicted molar refractivity (Wildman–Crippen MR) is 101 cm³/mol. The summed E-state index contributed by atoms with van der Waals surface area (Å²) in [4.78, 5) is 6.57. The molecule has 1 spiro atoms. The van der Waals surface area contributed by atoms with Gasteiger partial charge >= 0.3 is 6.18 Å². The van der Waals surface area contributed by atoms with Crippen molar-refractivity contribution in [1.82, 2.24) is 9.88 Å². The van der Waals surface area contributed by atoms with Crippen LogP contribution in [0.15, 0.2) is 18.3 Å². The monoisotopic (exact) mass is 416 g/mol. The Morgan fingerprint density at radius 1 is 1.11 bits per heavy atom. The van der Waals surface area contributed by atoms with Crippen molar-refractivity contribution in [3.8, 4) is 0 Å². The molecule has 0 N–H and O–H groups in total. The number of halogens is 3. The summed E-state index contributed by atoms with van der Waals surface area (Å²) < 4.78 is 62.1. The van der Waals surface area contributed by atoms with Crippen LogP contribution < -0.4 is 0 Å². The smallest absolute Gasteiger partial charge is 0.300 e. The molecule has 1 aliphatic carbocycles. The van der Waals surface area contributed by atoms with E-state index < -0.39 is 21.6 Å². The highest BCUT2D eigenvalue weighted by molar-refractivity contribution is 7.91.